The smallest absolute Gasteiger partial charge is 0.133 e. The van der Waals surface area contributed by atoms with E-state index in [2.05, 4.69) is 27.4 Å². The first-order chi connectivity index (χ1) is 9.92. The number of benzene rings is 1. The van der Waals surface area contributed by atoms with E-state index in [1.165, 1.54) is 23.2 Å². The minimum atomic E-state index is 0.277. The Morgan fingerprint density at radius 2 is 2.10 bits per heavy atom. The lowest BCUT2D eigenvalue weighted by Gasteiger charge is -2.27. The highest BCUT2D eigenvalue weighted by atomic mass is 16.5. The number of hydrogen-bond donors (Lipinski definition) is 1. The van der Waals surface area contributed by atoms with Crippen molar-refractivity contribution < 1.29 is 4.74 Å². The van der Waals surface area contributed by atoms with Gasteiger partial charge in [-0.3, -0.25) is 0 Å². The monoisotopic (exact) mass is 267 g/mol. The Morgan fingerprint density at radius 3 is 3.10 bits per heavy atom. The lowest BCUT2D eigenvalue weighted by Crippen LogP contribution is -2.21. The first-order valence-electron chi connectivity index (χ1n) is 7.23. The number of hydrogen-bond acceptors (Lipinski definition) is 4. The maximum Gasteiger partial charge on any atom is 0.133 e. The van der Waals surface area contributed by atoms with Gasteiger partial charge in [0.1, 0.15) is 17.9 Å². The molecule has 1 aliphatic carbocycles. The number of fused-ring (bicyclic) bond motifs is 2. The zero-order valence-corrected chi connectivity index (χ0v) is 11.3. The summed E-state index contributed by atoms with van der Waals surface area (Å²) in [6, 6.07) is 8.52. The van der Waals surface area contributed by atoms with Gasteiger partial charge in [0, 0.05) is 23.2 Å². The van der Waals surface area contributed by atoms with E-state index in [1.54, 1.807) is 6.33 Å². The predicted octanol–water partition coefficient (Wildman–Crippen LogP) is 2.90. The third kappa shape index (κ3) is 1.92. The van der Waals surface area contributed by atoms with Gasteiger partial charge in [-0.1, -0.05) is 18.2 Å². The number of aryl methyl sites for hydroxylation is 1. The van der Waals surface area contributed by atoms with Crippen molar-refractivity contribution in [2.45, 2.75) is 31.7 Å². The number of aromatic nitrogens is 2. The van der Waals surface area contributed by atoms with Crippen LogP contribution >= 0.6 is 0 Å². The van der Waals surface area contributed by atoms with Crippen molar-refractivity contribution in [1.29, 1.82) is 0 Å². The molecule has 1 atom stereocenters. The maximum absolute atomic E-state index is 5.71. The maximum atomic E-state index is 5.71. The van der Waals surface area contributed by atoms with E-state index in [1.807, 2.05) is 12.1 Å². The van der Waals surface area contributed by atoms with Crippen LogP contribution in [0.2, 0.25) is 0 Å². The minimum Gasteiger partial charge on any atom is -0.493 e. The van der Waals surface area contributed by atoms with Crippen LogP contribution in [0.15, 0.2) is 30.6 Å². The molecule has 2 aliphatic rings. The molecular weight excluding hydrogens is 250 g/mol. The van der Waals surface area contributed by atoms with Crippen LogP contribution in [0, 0.1) is 0 Å². The lowest BCUT2D eigenvalue weighted by atomic mass is 10.0. The molecule has 4 rings (SSSR count). The van der Waals surface area contributed by atoms with Crippen molar-refractivity contribution in [1.82, 2.24) is 9.97 Å². The minimum absolute atomic E-state index is 0.277. The highest BCUT2D eigenvalue weighted by Gasteiger charge is 2.24. The van der Waals surface area contributed by atoms with Gasteiger partial charge in [-0.05, 0) is 25.3 Å². The molecule has 1 unspecified atom stereocenters. The zero-order valence-electron chi connectivity index (χ0n) is 11.3. The fourth-order valence-electron chi connectivity index (χ4n) is 3.14. The molecule has 1 aliphatic heterocycles. The summed E-state index contributed by atoms with van der Waals surface area (Å²) in [4.78, 5) is 8.84. The van der Waals surface area contributed by atoms with Gasteiger partial charge in [-0.25, -0.2) is 9.97 Å². The van der Waals surface area contributed by atoms with Crippen LogP contribution in [-0.2, 0) is 12.8 Å². The van der Waals surface area contributed by atoms with Gasteiger partial charge in [-0.15, -0.1) is 0 Å². The summed E-state index contributed by atoms with van der Waals surface area (Å²) < 4.78 is 5.71. The Balaban J connectivity index is 1.66. The number of nitrogens with one attached hydrogen (secondary N) is 1. The molecule has 0 bridgehead atoms. The molecule has 0 amide bonds. The molecule has 2 aromatic rings. The third-order valence-corrected chi connectivity index (χ3v) is 4.14. The fraction of sp³-hybridized carbons (Fsp3) is 0.375. The summed E-state index contributed by atoms with van der Waals surface area (Å²) in [5, 5.41) is 3.61. The molecule has 102 valence electrons. The van der Waals surface area contributed by atoms with Gasteiger partial charge >= 0.3 is 0 Å². The van der Waals surface area contributed by atoms with Gasteiger partial charge in [0.15, 0.2) is 0 Å². The predicted molar refractivity (Wildman–Crippen MR) is 77.0 cm³/mol. The molecule has 1 N–H and O–H groups in total. The summed E-state index contributed by atoms with van der Waals surface area (Å²) in [6.07, 6.45) is 6.00. The van der Waals surface area contributed by atoms with Gasteiger partial charge in [0.05, 0.1) is 12.6 Å². The number of para-hydroxylation sites is 1. The Kier molecular flexibility index (Phi) is 2.80. The second kappa shape index (κ2) is 4.78. The standard InChI is InChI=1S/C16H17N3O/c1-2-7-15-11(4-1)14(8-9-20-15)19-16-12-5-3-6-13(12)17-10-18-16/h1-2,4,7,10,14H,3,5-6,8-9H2,(H,17,18,19). The molecule has 4 nitrogen and oxygen atoms in total. The Hall–Kier alpha value is -2.10. The number of ether oxygens (including phenoxy) is 1. The Morgan fingerprint density at radius 1 is 1.15 bits per heavy atom. The van der Waals surface area contributed by atoms with Gasteiger partial charge in [0.25, 0.3) is 0 Å². The molecule has 0 radical (unpaired) electrons. The van der Waals surface area contributed by atoms with Crippen molar-refractivity contribution in [2.24, 2.45) is 0 Å². The lowest BCUT2D eigenvalue weighted by molar-refractivity contribution is 0.274. The SMILES string of the molecule is c1ccc2c(c1)OCCC2Nc1ncnc2c1CCC2. The fourth-order valence-corrected chi connectivity index (χ4v) is 3.14. The van der Waals surface area contributed by atoms with Crippen LogP contribution in [-0.4, -0.2) is 16.6 Å². The van der Waals surface area contributed by atoms with Gasteiger partial charge in [-0.2, -0.15) is 0 Å². The molecule has 1 aromatic heterocycles. The third-order valence-electron chi connectivity index (χ3n) is 4.14. The van der Waals surface area contributed by atoms with Crippen molar-refractivity contribution in [3.8, 4) is 5.75 Å². The van der Waals surface area contributed by atoms with Crippen LogP contribution in [0.3, 0.4) is 0 Å². The van der Waals surface area contributed by atoms with Crippen molar-refractivity contribution in [3.63, 3.8) is 0 Å². The van der Waals surface area contributed by atoms with Crippen LogP contribution in [0.25, 0.3) is 0 Å². The summed E-state index contributed by atoms with van der Waals surface area (Å²) >= 11 is 0. The van der Waals surface area contributed by atoms with Crippen LogP contribution in [0.5, 0.6) is 5.75 Å². The van der Waals surface area contributed by atoms with E-state index >= 15 is 0 Å². The normalized spacial score (nSPS) is 19.9. The Labute approximate surface area is 118 Å². The summed E-state index contributed by atoms with van der Waals surface area (Å²) in [5.41, 5.74) is 3.74. The highest BCUT2D eigenvalue weighted by molar-refractivity contribution is 5.51. The number of nitrogens with zero attached hydrogens (tertiary/aromatic N) is 2. The highest BCUT2D eigenvalue weighted by Crippen LogP contribution is 2.35. The summed E-state index contributed by atoms with van der Waals surface area (Å²) in [6.45, 7) is 0.752. The quantitative estimate of drug-likeness (QED) is 0.909. The van der Waals surface area contributed by atoms with E-state index in [0.29, 0.717) is 0 Å². The molecule has 4 heteroatoms. The first kappa shape index (κ1) is 11.7. The van der Waals surface area contributed by atoms with E-state index in [0.717, 1.165) is 37.4 Å². The molecule has 20 heavy (non-hydrogen) atoms. The van der Waals surface area contributed by atoms with Crippen LogP contribution in [0.1, 0.15) is 35.7 Å². The second-order valence-electron chi connectivity index (χ2n) is 5.37. The van der Waals surface area contributed by atoms with Gasteiger partial charge in [0.2, 0.25) is 0 Å². The van der Waals surface area contributed by atoms with Gasteiger partial charge < -0.3 is 10.1 Å². The number of anilines is 1. The van der Waals surface area contributed by atoms with Crippen LogP contribution in [0.4, 0.5) is 5.82 Å². The summed E-state index contributed by atoms with van der Waals surface area (Å²) in [7, 11) is 0. The molecule has 0 saturated carbocycles. The van der Waals surface area contributed by atoms with E-state index in [-0.39, 0.29) is 6.04 Å². The average Bonchev–Trinajstić information content (AvgIpc) is 2.97. The molecular formula is C16H17N3O. The topological polar surface area (TPSA) is 47.0 Å². The molecule has 0 spiro atoms. The molecule has 0 saturated heterocycles. The number of rotatable bonds is 2. The Bertz CT molecular complexity index is 641. The molecule has 0 fully saturated rings. The van der Waals surface area contributed by atoms with Crippen molar-refractivity contribution in [2.75, 3.05) is 11.9 Å². The van der Waals surface area contributed by atoms with E-state index < -0.39 is 0 Å². The molecule has 2 heterocycles. The van der Waals surface area contributed by atoms with E-state index in [4.69, 9.17) is 4.74 Å². The molecule has 1 aromatic carbocycles. The van der Waals surface area contributed by atoms with Crippen molar-refractivity contribution >= 4 is 5.82 Å². The average molecular weight is 267 g/mol. The first-order valence-corrected chi connectivity index (χ1v) is 7.23. The zero-order chi connectivity index (χ0) is 13.4. The van der Waals surface area contributed by atoms with Crippen molar-refractivity contribution in [3.05, 3.63) is 47.4 Å². The largest absolute Gasteiger partial charge is 0.493 e. The summed E-state index contributed by atoms with van der Waals surface area (Å²) in [5.74, 6) is 2.00. The van der Waals surface area contributed by atoms with E-state index in [9.17, 15) is 0 Å². The second-order valence-corrected chi connectivity index (χ2v) is 5.37. The van der Waals surface area contributed by atoms with Crippen LogP contribution < -0.4 is 10.1 Å².